The summed E-state index contributed by atoms with van der Waals surface area (Å²) in [6.07, 6.45) is 0. The number of nitrogens with two attached hydrogens (primary N) is 4. The smallest absolute Gasteiger partial charge is 0.385 e. The average molecular weight is 126 g/mol. The van der Waals surface area contributed by atoms with E-state index in [9.17, 15) is 0 Å². The van der Waals surface area contributed by atoms with Crippen LogP contribution in [0.4, 0.5) is 0 Å². The van der Waals surface area contributed by atoms with Gasteiger partial charge in [-0.2, -0.15) is 0 Å². The second-order valence-corrected chi connectivity index (χ2v) is 0.832. The van der Waals surface area contributed by atoms with E-state index in [0.717, 1.165) is 0 Å². The molecule has 7 heavy (non-hydrogen) atoms. The third-order valence-corrected chi connectivity index (χ3v) is 0.298. The van der Waals surface area contributed by atoms with E-state index >= 15 is 0 Å². The molecule has 0 unspecified atom stereocenters. The molecule has 0 radical (unpaired) electrons. The predicted octanol–water partition coefficient (Wildman–Crippen LogP) is -5.98. The van der Waals surface area contributed by atoms with Crippen LogP contribution >= 0.6 is 0 Å². The molecule has 0 saturated heterocycles. The van der Waals surface area contributed by atoms with Crippen molar-refractivity contribution >= 4 is 5.96 Å². The van der Waals surface area contributed by atoms with E-state index in [-0.39, 0.29) is 18.4 Å². The second kappa shape index (κ2) is 3.35. The third kappa shape index (κ3) is 5.16. The molecule has 0 saturated carbocycles. The van der Waals surface area contributed by atoms with Crippen molar-refractivity contribution in [3.05, 3.63) is 0 Å². The number of rotatable bonds is 0. The zero-order chi connectivity index (χ0) is 5.15. The van der Waals surface area contributed by atoms with Crippen LogP contribution < -0.4 is 35.6 Å². The molecular formula is CH8ClN5. The number of halogens is 1. The molecule has 0 aromatic rings. The van der Waals surface area contributed by atoms with E-state index in [4.69, 9.17) is 23.2 Å². The highest BCUT2D eigenvalue weighted by atomic mass is 35.5. The summed E-state index contributed by atoms with van der Waals surface area (Å²) in [4.78, 5) is 0.639. The molecule has 0 aliphatic heterocycles. The molecule has 0 atom stereocenters. The van der Waals surface area contributed by atoms with Crippen LogP contribution in [0, 0.1) is 0 Å². The van der Waals surface area contributed by atoms with Crippen LogP contribution in [0.3, 0.4) is 0 Å². The zero-order valence-corrected chi connectivity index (χ0v) is 4.39. The Morgan fingerprint density at radius 2 is 1.29 bits per heavy atom. The molecular weight excluding hydrogens is 117 g/mol. The molecule has 0 heterocycles. The molecule has 8 N–H and O–H groups in total. The Labute approximate surface area is 47.3 Å². The summed E-state index contributed by atoms with van der Waals surface area (Å²) in [6, 6.07) is 0. The van der Waals surface area contributed by atoms with Crippen LogP contribution in [0.1, 0.15) is 0 Å². The normalized spacial score (nSPS) is 6.29. The van der Waals surface area contributed by atoms with Crippen molar-refractivity contribution in [2.75, 3.05) is 0 Å². The average Bonchev–Trinajstić information content (AvgIpc) is 1.36. The summed E-state index contributed by atoms with van der Waals surface area (Å²) in [5.74, 6) is 9.42. The fraction of sp³-hybridized carbons (Fsp3) is 0. The minimum atomic E-state index is -0.102. The fourth-order valence-corrected chi connectivity index (χ4v) is 0. The Kier molecular flexibility index (Phi) is 4.54. The van der Waals surface area contributed by atoms with Gasteiger partial charge in [0.2, 0.25) is 0 Å². The molecule has 0 fully saturated rings. The van der Waals surface area contributed by atoms with Crippen molar-refractivity contribution in [1.29, 1.82) is 0 Å². The summed E-state index contributed by atoms with van der Waals surface area (Å²) >= 11 is 0. The quantitative estimate of drug-likeness (QED) is 0.0850. The summed E-state index contributed by atoms with van der Waals surface area (Å²) in [5, 5.41) is 0. The highest BCUT2D eigenvalue weighted by Gasteiger charge is 1.84. The van der Waals surface area contributed by atoms with E-state index < -0.39 is 0 Å². The molecule has 0 aliphatic rings. The van der Waals surface area contributed by atoms with Crippen molar-refractivity contribution in [3.63, 3.8) is 0 Å². The van der Waals surface area contributed by atoms with Gasteiger partial charge >= 0.3 is 5.96 Å². The van der Waals surface area contributed by atoms with Crippen LogP contribution in [0.15, 0.2) is 0 Å². The maximum Gasteiger partial charge on any atom is 0.385 e. The van der Waals surface area contributed by atoms with E-state index in [1.807, 2.05) is 0 Å². The maximum atomic E-state index is 4.81. The van der Waals surface area contributed by atoms with Crippen LogP contribution in [0.5, 0.6) is 0 Å². The van der Waals surface area contributed by atoms with E-state index in [1.165, 1.54) is 0 Å². The number of hydrazine groups is 2. The number of hydrazone groups is 2. The third-order valence-electron chi connectivity index (χ3n) is 0.298. The van der Waals surface area contributed by atoms with Gasteiger partial charge < -0.3 is 12.4 Å². The van der Waals surface area contributed by atoms with Gasteiger partial charge in [0.15, 0.2) is 0 Å². The summed E-state index contributed by atoms with van der Waals surface area (Å²) in [6.45, 7) is 0. The van der Waals surface area contributed by atoms with Gasteiger partial charge in [0.05, 0.1) is 0 Å². The van der Waals surface area contributed by atoms with Crippen LogP contribution in [0.25, 0.3) is 0 Å². The van der Waals surface area contributed by atoms with Gasteiger partial charge in [-0.3, -0.25) is 23.2 Å². The van der Waals surface area contributed by atoms with Crippen molar-refractivity contribution in [1.82, 2.24) is 0 Å². The molecule has 44 valence electrons. The number of hydrogen-bond acceptors (Lipinski definition) is 2. The number of nitrogens with zero attached hydrogens (tertiary/aromatic N) is 1. The Hall–Kier alpha value is -0.840. The Bertz CT molecular complexity index is 58.1. The van der Waals surface area contributed by atoms with Gasteiger partial charge in [0.1, 0.15) is 0 Å². The van der Waals surface area contributed by atoms with Gasteiger partial charge in [-0.25, -0.2) is 0 Å². The highest BCUT2D eigenvalue weighted by Crippen LogP contribution is 1.27. The molecule has 0 amide bonds. The van der Waals surface area contributed by atoms with Crippen molar-refractivity contribution in [2.24, 2.45) is 23.2 Å². The lowest BCUT2D eigenvalue weighted by molar-refractivity contribution is -0.553. The monoisotopic (exact) mass is 125 g/mol. The van der Waals surface area contributed by atoms with Crippen LogP contribution in [-0.4, -0.2) is 10.8 Å². The molecule has 0 aromatic heterocycles. The van der Waals surface area contributed by atoms with E-state index in [0.29, 0.717) is 4.79 Å². The first kappa shape index (κ1) is 9.48. The second-order valence-electron chi connectivity index (χ2n) is 0.832. The minimum Gasteiger partial charge on any atom is -1.00 e. The highest BCUT2D eigenvalue weighted by molar-refractivity contribution is 5.69. The van der Waals surface area contributed by atoms with Crippen molar-refractivity contribution < 1.29 is 17.2 Å². The van der Waals surface area contributed by atoms with Gasteiger partial charge in [-0.15, -0.1) is 0 Å². The van der Waals surface area contributed by atoms with Gasteiger partial charge in [-0.05, 0) is 0 Å². The molecule has 0 bridgehead atoms. The molecule has 5 nitrogen and oxygen atoms in total. The lowest BCUT2D eigenvalue weighted by Gasteiger charge is -1.86. The lowest BCUT2D eigenvalue weighted by atomic mass is 11.1. The summed E-state index contributed by atoms with van der Waals surface area (Å²) in [7, 11) is 0. The Morgan fingerprint density at radius 1 is 1.14 bits per heavy atom. The zero-order valence-electron chi connectivity index (χ0n) is 3.63. The number of hydrogen-bond donors (Lipinski definition) is 4. The number of guanidine groups is 1. The van der Waals surface area contributed by atoms with Gasteiger partial charge in [-0.1, -0.05) is 4.79 Å². The van der Waals surface area contributed by atoms with Crippen LogP contribution in [0.2, 0.25) is 0 Å². The van der Waals surface area contributed by atoms with Gasteiger partial charge in [0, 0.05) is 0 Å². The molecule has 0 aromatic carbocycles. The lowest BCUT2D eigenvalue weighted by Crippen LogP contribution is -3.00. The minimum absolute atomic E-state index is 0. The topological polar surface area (TPSA) is 107 Å². The van der Waals surface area contributed by atoms with Crippen molar-refractivity contribution in [2.45, 2.75) is 0 Å². The van der Waals surface area contributed by atoms with Gasteiger partial charge in [0.25, 0.3) is 0 Å². The molecule has 0 rings (SSSR count). The van der Waals surface area contributed by atoms with E-state index in [1.54, 1.807) is 0 Å². The van der Waals surface area contributed by atoms with E-state index in [2.05, 4.69) is 0 Å². The molecule has 0 aliphatic carbocycles. The van der Waals surface area contributed by atoms with Crippen LogP contribution in [-0.2, 0) is 0 Å². The Balaban J connectivity index is 0. The maximum absolute atomic E-state index is 4.81. The standard InChI is InChI=1S/CH7N5.ClH/c2-1(3)6(4)5;/h4-5H2,(H3,2,3);1H. The first-order valence-electron chi connectivity index (χ1n) is 1.32. The SMILES string of the molecule is NC(N)=[N+](N)N.[Cl-]. The first-order valence-corrected chi connectivity index (χ1v) is 1.32. The first-order chi connectivity index (χ1) is 2.64. The summed E-state index contributed by atoms with van der Waals surface area (Å²) in [5.41, 5.74) is 9.61. The largest absolute Gasteiger partial charge is 1.00 e. The van der Waals surface area contributed by atoms with Crippen molar-refractivity contribution in [3.8, 4) is 0 Å². The summed E-state index contributed by atoms with van der Waals surface area (Å²) < 4.78 is 0. The molecule has 6 heteroatoms. The molecule has 0 spiro atoms. The predicted molar refractivity (Wildman–Crippen MR) is 22.0 cm³/mol. The Morgan fingerprint density at radius 3 is 1.29 bits per heavy atom. The fourth-order valence-electron chi connectivity index (χ4n) is 0.